The van der Waals surface area contributed by atoms with Gasteiger partial charge in [0.15, 0.2) is 0 Å². The van der Waals surface area contributed by atoms with Crippen LogP contribution in [0, 0.1) is 11.8 Å². The highest BCUT2D eigenvalue weighted by Crippen LogP contribution is 2.17. The molecule has 3 amide bonds. The van der Waals surface area contributed by atoms with E-state index < -0.39 is 17.9 Å². The van der Waals surface area contributed by atoms with E-state index >= 15 is 0 Å². The van der Waals surface area contributed by atoms with Crippen LogP contribution in [0.2, 0.25) is 0 Å². The van der Waals surface area contributed by atoms with Gasteiger partial charge in [-0.2, -0.15) is 0 Å². The van der Waals surface area contributed by atoms with Gasteiger partial charge in [0.05, 0.1) is 5.92 Å². The van der Waals surface area contributed by atoms with Crippen molar-refractivity contribution in [3.05, 3.63) is 0 Å². The summed E-state index contributed by atoms with van der Waals surface area (Å²) >= 11 is 0. The zero-order valence-corrected chi connectivity index (χ0v) is 12.9. The summed E-state index contributed by atoms with van der Waals surface area (Å²) in [6.45, 7) is 4.20. The SMILES string of the molecule is CNC(=O)C1CCCCN1C(=O)NCC(C(=O)O)C(C)C. The van der Waals surface area contributed by atoms with Gasteiger partial charge in [-0.15, -0.1) is 0 Å². The van der Waals surface area contributed by atoms with Crippen molar-refractivity contribution < 1.29 is 19.5 Å². The lowest BCUT2D eigenvalue weighted by Gasteiger charge is -2.34. The molecule has 0 aromatic rings. The van der Waals surface area contributed by atoms with Gasteiger partial charge < -0.3 is 20.6 Å². The molecule has 1 heterocycles. The van der Waals surface area contributed by atoms with Crippen molar-refractivity contribution in [2.45, 2.75) is 39.2 Å². The summed E-state index contributed by atoms with van der Waals surface area (Å²) in [6, 6.07) is -0.832. The maximum Gasteiger partial charge on any atom is 0.318 e. The number of hydrogen-bond donors (Lipinski definition) is 3. The van der Waals surface area contributed by atoms with Crippen molar-refractivity contribution in [1.82, 2.24) is 15.5 Å². The van der Waals surface area contributed by atoms with Gasteiger partial charge in [-0.1, -0.05) is 13.8 Å². The summed E-state index contributed by atoms with van der Waals surface area (Å²) in [5.41, 5.74) is 0. The summed E-state index contributed by atoms with van der Waals surface area (Å²) in [7, 11) is 1.55. The zero-order valence-electron chi connectivity index (χ0n) is 12.9. The number of hydrogen-bond acceptors (Lipinski definition) is 3. The van der Waals surface area contributed by atoms with E-state index in [9.17, 15) is 14.4 Å². The standard InChI is InChI=1S/C14H25N3O4/c1-9(2)10(13(19)20)8-16-14(21)17-7-5-4-6-11(17)12(18)15-3/h9-11H,4-8H2,1-3H3,(H,15,18)(H,16,21)(H,19,20). The van der Waals surface area contributed by atoms with Gasteiger partial charge in [0.2, 0.25) is 5.91 Å². The van der Waals surface area contributed by atoms with Crippen LogP contribution in [-0.2, 0) is 9.59 Å². The van der Waals surface area contributed by atoms with Crippen LogP contribution in [0.25, 0.3) is 0 Å². The zero-order chi connectivity index (χ0) is 16.0. The van der Waals surface area contributed by atoms with Gasteiger partial charge in [-0.05, 0) is 25.2 Å². The highest BCUT2D eigenvalue weighted by atomic mass is 16.4. The van der Waals surface area contributed by atoms with Crippen LogP contribution in [0.15, 0.2) is 0 Å². The van der Waals surface area contributed by atoms with Crippen molar-refractivity contribution in [2.24, 2.45) is 11.8 Å². The molecule has 1 aliphatic heterocycles. The number of carbonyl (C=O) groups is 3. The number of nitrogens with zero attached hydrogens (tertiary/aromatic N) is 1. The average molecular weight is 299 g/mol. The van der Waals surface area contributed by atoms with Crippen molar-refractivity contribution in [2.75, 3.05) is 20.1 Å². The molecular weight excluding hydrogens is 274 g/mol. The van der Waals surface area contributed by atoms with E-state index in [2.05, 4.69) is 10.6 Å². The quantitative estimate of drug-likeness (QED) is 0.694. The molecule has 0 radical (unpaired) electrons. The highest BCUT2D eigenvalue weighted by molar-refractivity contribution is 5.87. The number of amides is 3. The Balaban J connectivity index is 2.64. The van der Waals surface area contributed by atoms with Crippen LogP contribution in [0.1, 0.15) is 33.1 Å². The molecule has 21 heavy (non-hydrogen) atoms. The second kappa shape index (κ2) is 7.85. The first-order valence-electron chi connectivity index (χ1n) is 7.37. The molecule has 2 atom stereocenters. The molecule has 0 bridgehead atoms. The summed E-state index contributed by atoms with van der Waals surface area (Å²) in [4.78, 5) is 36.7. The summed E-state index contributed by atoms with van der Waals surface area (Å²) in [5.74, 6) is -1.80. The highest BCUT2D eigenvalue weighted by Gasteiger charge is 2.32. The molecule has 3 N–H and O–H groups in total. The van der Waals surface area contributed by atoms with Gasteiger partial charge in [0.25, 0.3) is 0 Å². The van der Waals surface area contributed by atoms with E-state index in [1.165, 1.54) is 4.90 Å². The van der Waals surface area contributed by atoms with Crippen molar-refractivity contribution in [3.8, 4) is 0 Å². The molecule has 1 fully saturated rings. The largest absolute Gasteiger partial charge is 0.481 e. The summed E-state index contributed by atoms with van der Waals surface area (Å²) in [5, 5.41) is 14.3. The smallest absolute Gasteiger partial charge is 0.318 e. The minimum atomic E-state index is -0.924. The average Bonchev–Trinajstić information content (AvgIpc) is 2.45. The first-order chi connectivity index (χ1) is 9.88. The van der Waals surface area contributed by atoms with Crippen LogP contribution >= 0.6 is 0 Å². The van der Waals surface area contributed by atoms with Crippen LogP contribution in [0.4, 0.5) is 4.79 Å². The molecule has 0 aliphatic carbocycles. The lowest BCUT2D eigenvalue weighted by atomic mass is 9.96. The Morgan fingerprint density at radius 1 is 1.29 bits per heavy atom. The first-order valence-corrected chi connectivity index (χ1v) is 7.37. The lowest BCUT2D eigenvalue weighted by molar-refractivity contribution is -0.143. The topological polar surface area (TPSA) is 98.7 Å². The molecule has 0 aromatic carbocycles. The maximum absolute atomic E-state index is 12.2. The monoisotopic (exact) mass is 299 g/mol. The number of rotatable bonds is 5. The van der Waals surface area contributed by atoms with E-state index in [4.69, 9.17) is 5.11 Å². The van der Waals surface area contributed by atoms with E-state index in [0.717, 1.165) is 12.8 Å². The van der Waals surface area contributed by atoms with Crippen molar-refractivity contribution in [3.63, 3.8) is 0 Å². The van der Waals surface area contributed by atoms with Gasteiger partial charge in [0.1, 0.15) is 6.04 Å². The number of urea groups is 1. The second-order valence-corrected chi connectivity index (χ2v) is 5.69. The Bertz CT molecular complexity index is 398. The Morgan fingerprint density at radius 3 is 2.48 bits per heavy atom. The Labute approximate surface area is 125 Å². The number of likely N-dealkylation sites (tertiary alicyclic amines) is 1. The summed E-state index contributed by atoms with van der Waals surface area (Å²) < 4.78 is 0. The molecule has 0 spiro atoms. The Kier molecular flexibility index (Phi) is 6.45. The van der Waals surface area contributed by atoms with Gasteiger partial charge >= 0.3 is 12.0 Å². The normalized spacial score (nSPS) is 20.0. The molecule has 1 aliphatic rings. The molecule has 7 nitrogen and oxygen atoms in total. The van der Waals surface area contributed by atoms with Gasteiger partial charge in [-0.25, -0.2) is 4.79 Å². The van der Waals surface area contributed by atoms with Crippen molar-refractivity contribution >= 4 is 17.9 Å². The first kappa shape index (κ1) is 17.3. The lowest BCUT2D eigenvalue weighted by Crippen LogP contribution is -2.55. The second-order valence-electron chi connectivity index (χ2n) is 5.69. The number of carboxylic acids is 1. The van der Waals surface area contributed by atoms with Crippen LogP contribution in [0.3, 0.4) is 0 Å². The number of carbonyl (C=O) groups excluding carboxylic acids is 2. The Morgan fingerprint density at radius 2 is 1.95 bits per heavy atom. The fraction of sp³-hybridized carbons (Fsp3) is 0.786. The molecular formula is C14H25N3O4. The number of nitrogens with one attached hydrogen (secondary N) is 2. The van der Waals surface area contributed by atoms with Crippen LogP contribution in [0.5, 0.6) is 0 Å². The third-order valence-electron chi connectivity index (χ3n) is 3.91. The Hall–Kier alpha value is -1.79. The number of likely N-dealkylation sites (N-methyl/N-ethyl adjacent to an activating group) is 1. The molecule has 0 aromatic heterocycles. The molecule has 1 rings (SSSR count). The van der Waals surface area contributed by atoms with E-state index in [1.807, 2.05) is 0 Å². The fourth-order valence-corrected chi connectivity index (χ4v) is 2.52. The maximum atomic E-state index is 12.2. The van der Waals surface area contributed by atoms with Crippen molar-refractivity contribution in [1.29, 1.82) is 0 Å². The fourth-order valence-electron chi connectivity index (χ4n) is 2.52. The molecule has 0 saturated carbocycles. The van der Waals surface area contributed by atoms with Crippen LogP contribution in [-0.4, -0.2) is 54.1 Å². The predicted molar refractivity (Wildman–Crippen MR) is 77.8 cm³/mol. The molecule has 1 saturated heterocycles. The van der Waals surface area contributed by atoms with Gasteiger partial charge in [0, 0.05) is 20.1 Å². The molecule has 2 unspecified atom stereocenters. The van der Waals surface area contributed by atoms with E-state index in [0.29, 0.717) is 13.0 Å². The van der Waals surface area contributed by atoms with E-state index in [-0.39, 0.29) is 24.4 Å². The number of aliphatic carboxylic acids is 1. The third-order valence-corrected chi connectivity index (χ3v) is 3.91. The molecule has 120 valence electrons. The van der Waals surface area contributed by atoms with Crippen LogP contribution < -0.4 is 10.6 Å². The minimum absolute atomic E-state index is 0.0705. The predicted octanol–water partition coefficient (Wildman–Crippen LogP) is 0.653. The number of piperidine rings is 1. The summed E-state index contributed by atoms with van der Waals surface area (Å²) in [6.07, 6.45) is 2.40. The number of carboxylic acid groups (broad SMARTS) is 1. The third kappa shape index (κ3) is 4.61. The minimum Gasteiger partial charge on any atom is -0.481 e. The van der Waals surface area contributed by atoms with Gasteiger partial charge in [-0.3, -0.25) is 9.59 Å². The van der Waals surface area contributed by atoms with E-state index in [1.54, 1.807) is 20.9 Å². The molecule has 7 heteroatoms.